The lowest BCUT2D eigenvalue weighted by atomic mass is 9.95. The zero-order valence-electron chi connectivity index (χ0n) is 19.9. The third-order valence-corrected chi connectivity index (χ3v) is 6.12. The van der Waals surface area contributed by atoms with E-state index in [1.165, 1.54) is 12.1 Å². The van der Waals surface area contributed by atoms with E-state index in [2.05, 4.69) is 20.8 Å². The van der Waals surface area contributed by atoms with Gasteiger partial charge in [-0.3, -0.25) is 4.79 Å². The summed E-state index contributed by atoms with van der Waals surface area (Å²) in [4.78, 5) is 14.9. The maximum Gasteiger partial charge on any atom is 0.253 e. The average molecular weight is 446 g/mol. The number of nitrogens with zero attached hydrogens (tertiary/aromatic N) is 1. The smallest absolute Gasteiger partial charge is 0.253 e. The van der Waals surface area contributed by atoms with E-state index in [4.69, 9.17) is 4.74 Å². The van der Waals surface area contributed by atoms with Gasteiger partial charge in [0, 0.05) is 31.8 Å². The summed E-state index contributed by atoms with van der Waals surface area (Å²) in [6.45, 7) is 7.62. The molecule has 0 fully saturated rings. The maximum absolute atomic E-state index is 14.0. The number of benzene rings is 2. The van der Waals surface area contributed by atoms with Crippen LogP contribution in [0.1, 0.15) is 68.8 Å². The van der Waals surface area contributed by atoms with Gasteiger partial charge in [0.25, 0.3) is 5.91 Å². The van der Waals surface area contributed by atoms with Gasteiger partial charge in [0.15, 0.2) is 0 Å². The van der Waals surface area contributed by atoms with Crippen molar-refractivity contribution in [2.45, 2.75) is 64.9 Å². The second-order valence-corrected chi connectivity index (χ2v) is 9.25. The Balaban J connectivity index is 1.93. The van der Waals surface area contributed by atoms with E-state index < -0.39 is 11.6 Å². The summed E-state index contributed by atoms with van der Waals surface area (Å²) in [6, 6.07) is 12.9. The van der Waals surface area contributed by atoms with Crippen molar-refractivity contribution < 1.29 is 18.3 Å². The fourth-order valence-electron chi connectivity index (χ4n) is 3.76. The van der Waals surface area contributed by atoms with Crippen LogP contribution in [0, 0.1) is 17.6 Å². The zero-order chi connectivity index (χ0) is 23.6. The number of hydrogen-bond donors (Lipinski definition) is 0. The van der Waals surface area contributed by atoms with Crippen LogP contribution in [-0.2, 0) is 11.2 Å². The third kappa shape index (κ3) is 8.70. The molecule has 2 rings (SSSR count). The molecular formula is C27H37F2NO2. The molecule has 1 amide bonds. The van der Waals surface area contributed by atoms with Crippen molar-refractivity contribution in [2.75, 3.05) is 20.2 Å². The Morgan fingerprint density at radius 1 is 1.03 bits per heavy atom. The molecule has 5 heteroatoms. The lowest BCUT2D eigenvalue weighted by Crippen LogP contribution is -2.34. The van der Waals surface area contributed by atoms with E-state index >= 15 is 0 Å². The van der Waals surface area contributed by atoms with Crippen LogP contribution in [-0.4, -0.2) is 36.6 Å². The number of methoxy groups -OCH3 is 1. The van der Waals surface area contributed by atoms with Gasteiger partial charge in [-0.2, -0.15) is 0 Å². The molecular weight excluding hydrogens is 408 g/mol. The van der Waals surface area contributed by atoms with Crippen LogP contribution < -0.4 is 0 Å². The summed E-state index contributed by atoms with van der Waals surface area (Å²) in [5.74, 6) is -0.616. The molecule has 0 aliphatic rings. The molecule has 0 bridgehead atoms. The molecule has 0 saturated carbocycles. The normalized spacial score (nSPS) is 12.6. The topological polar surface area (TPSA) is 29.5 Å². The van der Waals surface area contributed by atoms with Gasteiger partial charge in [0.1, 0.15) is 11.6 Å². The first-order valence-electron chi connectivity index (χ1n) is 11.6. The number of rotatable bonds is 13. The summed E-state index contributed by atoms with van der Waals surface area (Å²) in [5.41, 5.74) is 1.03. The molecule has 32 heavy (non-hydrogen) atoms. The molecule has 176 valence electrons. The predicted octanol–water partition coefficient (Wildman–Crippen LogP) is 6.66. The molecule has 0 saturated heterocycles. The number of aryl methyl sites for hydroxylation is 1. The molecule has 3 nitrogen and oxygen atoms in total. The Morgan fingerprint density at radius 2 is 1.75 bits per heavy atom. The number of ether oxygens (including phenoxy) is 1. The first-order valence-corrected chi connectivity index (χ1v) is 11.6. The van der Waals surface area contributed by atoms with Crippen LogP contribution in [0.4, 0.5) is 8.78 Å². The second-order valence-electron chi connectivity index (χ2n) is 9.25. The van der Waals surface area contributed by atoms with Crippen LogP contribution in [0.5, 0.6) is 0 Å². The van der Waals surface area contributed by atoms with Crippen molar-refractivity contribution in [2.24, 2.45) is 5.92 Å². The number of carbonyl (C=O) groups is 1. The second kappa shape index (κ2) is 12.7. The molecule has 0 radical (unpaired) electrons. The Bertz CT molecular complexity index is 839. The molecule has 2 aromatic rings. The van der Waals surface area contributed by atoms with E-state index in [0.717, 1.165) is 31.7 Å². The molecule has 0 heterocycles. The predicted molar refractivity (Wildman–Crippen MR) is 126 cm³/mol. The van der Waals surface area contributed by atoms with Crippen LogP contribution in [0.25, 0.3) is 0 Å². The van der Waals surface area contributed by atoms with Crippen molar-refractivity contribution in [3.63, 3.8) is 0 Å². The summed E-state index contributed by atoms with van der Waals surface area (Å²) in [5, 5.41) is 0. The van der Waals surface area contributed by atoms with Crippen LogP contribution >= 0.6 is 0 Å². The molecule has 2 aromatic carbocycles. The van der Waals surface area contributed by atoms with E-state index in [0.29, 0.717) is 43.0 Å². The minimum Gasteiger partial charge on any atom is -0.379 e. The van der Waals surface area contributed by atoms with Gasteiger partial charge in [-0.25, -0.2) is 8.78 Å². The van der Waals surface area contributed by atoms with E-state index in [1.807, 2.05) is 35.2 Å². The number of carbonyl (C=O) groups excluding carboxylic acids is 1. The highest BCUT2D eigenvalue weighted by atomic mass is 19.1. The maximum atomic E-state index is 14.0. The Morgan fingerprint density at radius 3 is 2.41 bits per heavy atom. The molecule has 0 aliphatic carbocycles. The lowest BCUT2D eigenvalue weighted by molar-refractivity contribution is 0.0126. The monoisotopic (exact) mass is 445 g/mol. The minimum atomic E-state index is -0.574. The molecule has 0 aliphatic heterocycles. The van der Waals surface area contributed by atoms with Crippen LogP contribution in [0.2, 0.25) is 0 Å². The quantitative estimate of drug-likeness (QED) is 0.345. The van der Waals surface area contributed by atoms with E-state index in [-0.39, 0.29) is 11.5 Å². The van der Waals surface area contributed by atoms with E-state index in [9.17, 15) is 13.6 Å². The SMILES string of the molecule is COC(C)(C)CCCC(C)CCN(CCCc1ccc(F)cc1F)C(=O)c1ccccc1. The standard InChI is InChI=1S/C27H37F2NO2/c1-21(10-8-17-27(2,3)32-4)16-19-30(26(31)23-11-6-5-7-12-23)18-9-13-22-14-15-24(28)20-25(22)29/h5-7,11-12,14-15,20-21H,8-10,13,16-19H2,1-4H3. The van der Waals surface area contributed by atoms with Crippen molar-refractivity contribution in [1.29, 1.82) is 0 Å². The number of hydrogen-bond acceptors (Lipinski definition) is 2. The first kappa shape index (κ1) is 26.0. The van der Waals surface area contributed by atoms with Gasteiger partial charge in [-0.05, 0) is 69.2 Å². The number of halogens is 2. The first-order chi connectivity index (χ1) is 15.2. The fourth-order valence-corrected chi connectivity index (χ4v) is 3.76. The van der Waals surface area contributed by atoms with Crippen molar-refractivity contribution in [3.05, 3.63) is 71.3 Å². The molecule has 1 unspecified atom stereocenters. The molecule has 1 atom stereocenters. The minimum absolute atomic E-state index is 0.00195. The Kier molecular flexibility index (Phi) is 10.3. The average Bonchev–Trinajstić information content (AvgIpc) is 2.77. The lowest BCUT2D eigenvalue weighted by Gasteiger charge is -2.26. The highest BCUT2D eigenvalue weighted by molar-refractivity contribution is 5.94. The summed E-state index contributed by atoms with van der Waals surface area (Å²) >= 11 is 0. The van der Waals surface area contributed by atoms with Gasteiger partial charge in [-0.15, -0.1) is 0 Å². The Labute approximate surface area is 191 Å². The van der Waals surface area contributed by atoms with Crippen molar-refractivity contribution in [1.82, 2.24) is 4.90 Å². The largest absolute Gasteiger partial charge is 0.379 e. The number of amides is 1. The zero-order valence-corrected chi connectivity index (χ0v) is 19.9. The summed E-state index contributed by atoms with van der Waals surface area (Å²) < 4.78 is 32.6. The highest BCUT2D eigenvalue weighted by Gasteiger charge is 2.19. The molecule has 0 spiro atoms. The van der Waals surface area contributed by atoms with Gasteiger partial charge >= 0.3 is 0 Å². The molecule has 0 N–H and O–H groups in total. The van der Waals surface area contributed by atoms with Crippen LogP contribution in [0.15, 0.2) is 48.5 Å². The van der Waals surface area contributed by atoms with Crippen molar-refractivity contribution in [3.8, 4) is 0 Å². The van der Waals surface area contributed by atoms with E-state index in [1.54, 1.807) is 7.11 Å². The fraction of sp³-hybridized carbons (Fsp3) is 0.519. The van der Waals surface area contributed by atoms with Gasteiger partial charge in [0.05, 0.1) is 5.60 Å². The van der Waals surface area contributed by atoms with Gasteiger partial charge in [-0.1, -0.05) is 44.0 Å². The molecule has 0 aromatic heterocycles. The van der Waals surface area contributed by atoms with Crippen molar-refractivity contribution >= 4 is 5.91 Å². The summed E-state index contributed by atoms with van der Waals surface area (Å²) in [6.07, 6.45) is 5.17. The van der Waals surface area contributed by atoms with Gasteiger partial charge < -0.3 is 9.64 Å². The summed E-state index contributed by atoms with van der Waals surface area (Å²) in [7, 11) is 1.74. The highest BCUT2D eigenvalue weighted by Crippen LogP contribution is 2.21. The third-order valence-electron chi connectivity index (χ3n) is 6.12. The van der Waals surface area contributed by atoms with Crippen LogP contribution in [0.3, 0.4) is 0 Å². The Hall–Kier alpha value is -2.27. The van der Waals surface area contributed by atoms with Gasteiger partial charge in [0.2, 0.25) is 0 Å².